The molecule has 2 heterocycles. The fourth-order valence-corrected chi connectivity index (χ4v) is 4.71. The first-order chi connectivity index (χ1) is 17.9. The van der Waals surface area contributed by atoms with Crippen molar-refractivity contribution in [2.24, 2.45) is 5.73 Å². The van der Waals surface area contributed by atoms with Crippen LogP contribution < -0.4 is 11.1 Å². The molecule has 37 heavy (non-hydrogen) atoms. The summed E-state index contributed by atoms with van der Waals surface area (Å²) in [5.41, 5.74) is 10.6. The van der Waals surface area contributed by atoms with Gasteiger partial charge in [-0.15, -0.1) is 0 Å². The molecule has 0 radical (unpaired) electrons. The number of hydrogen-bond acceptors (Lipinski definition) is 4. The van der Waals surface area contributed by atoms with Crippen LogP contribution in [-0.4, -0.2) is 39.1 Å². The van der Waals surface area contributed by atoms with Gasteiger partial charge in [-0.05, 0) is 68.3 Å². The van der Waals surface area contributed by atoms with Gasteiger partial charge in [0.05, 0.1) is 17.3 Å². The smallest absolute Gasteiger partial charge is 0.259 e. The molecule has 2 amide bonds. The topological polar surface area (TPSA) is 93.2 Å². The highest BCUT2D eigenvalue weighted by Crippen LogP contribution is 2.26. The van der Waals surface area contributed by atoms with E-state index in [0.717, 1.165) is 36.1 Å². The Kier molecular flexibility index (Phi) is 6.83. The zero-order valence-corrected chi connectivity index (χ0v) is 20.5. The number of carbonyl (C=O) groups is 2. The summed E-state index contributed by atoms with van der Waals surface area (Å²) >= 11 is 0. The van der Waals surface area contributed by atoms with Crippen molar-refractivity contribution < 1.29 is 14.0 Å². The van der Waals surface area contributed by atoms with Crippen LogP contribution in [0.3, 0.4) is 0 Å². The van der Waals surface area contributed by atoms with E-state index >= 15 is 0 Å². The van der Waals surface area contributed by atoms with Gasteiger partial charge in [0, 0.05) is 24.0 Å². The van der Waals surface area contributed by atoms with Crippen molar-refractivity contribution in [2.75, 3.05) is 11.9 Å². The summed E-state index contributed by atoms with van der Waals surface area (Å²) in [6.45, 7) is 3.39. The van der Waals surface area contributed by atoms with E-state index in [0.29, 0.717) is 29.2 Å². The Hall–Kier alpha value is -4.30. The maximum Gasteiger partial charge on any atom is 0.259 e. The number of benzene rings is 3. The Morgan fingerprint density at radius 2 is 1.84 bits per heavy atom. The fraction of sp³-hybridized carbons (Fsp3) is 0.207. The standard InChI is InChI=1S/C29H28FN5O2/c1-19-7-9-21(10-8-19)27-25(18-35(33-27)24-13-11-22(30)12-14-24)29(37)32-23-5-2-4-20(16-23)17-34-15-3-6-26(34)28(31)36/h2,4-5,7-14,16,18,26H,3,6,15,17H2,1H3,(H2,31,36)(H,32,37). The van der Waals surface area contributed by atoms with Gasteiger partial charge >= 0.3 is 0 Å². The average molecular weight is 498 g/mol. The quantitative estimate of drug-likeness (QED) is 0.387. The van der Waals surface area contributed by atoms with Crippen molar-refractivity contribution in [3.8, 4) is 16.9 Å². The molecule has 4 aromatic rings. The molecule has 1 atom stereocenters. The minimum absolute atomic E-state index is 0.257. The van der Waals surface area contributed by atoms with Crippen LogP contribution >= 0.6 is 0 Å². The van der Waals surface area contributed by atoms with Crippen LogP contribution in [0.25, 0.3) is 16.9 Å². The lowest BCUT2D eigenvalue weighted by atomic mass is 10.1. The van der Waals surface area contributed by atoms with Crippen LogP contribution in [0.15, 0.2) is 79.0 Å². The minimum Gasteiger partial charge on any atom is -0.368 e. The predicted molar refractivity (Wildman–Crippen MR) is 141 cm³/mol. The summed E-state index contributed by atoms with van der Waals surface area (Å²) in [5.74, 6) is -0.954. The summed E-state index contributed by atoms with van der Waals surface area (Å²) < 4.78 is 15.0. The molecule has 1 aromatic heterocycles. The van der Waals surface area contributed by atoms with Crippen molar-refractivity contribution in [3.05, 3.63) is 102 Å². The highest BCUT2D eigenvalue weighted by atomic mass is 19.1. The Morgan fingerprint density at radius 3 is 2.57 bits per heavy atom. The maximum atomic E-state index is 13.5. The van der Waals surface area contributed by atoms with E-state index in [1.54, 1.807) is 23.0 Å². The van der Waals surface area contributed by atoms with Gasteiger partial charge in [0.25, 0.3) is 5.91 Å². The van der Waals surface area contributed by atoms with Crippen LogP contribution in [0, 0.1) is 12.7 Å². The van der Waals surface area contributed by atoms with Crippen molar-refractivity contribution in [1.29, 1.82) is 0 Å². The van der Waals surface area contributed by atoms with Crippen molar-refractivity contribution >= 4 is 17.5 Å². The normalized spacial score (nSPS) is 15.6. The molecule has 3 aromatic carbocycles. The molecule has 1 aliphatic heterocycles. The summed E-state index contributed by atoms with van der Waals surface area (Å²) in [4.78, 5) is 27.3. The second-order valence-corrected chi connectivity index (χ2v) is 9.36. The highest BCUT2D eigenvalue weighted by Gasteiger charge is 2.28. The number of nitrogens with zero attached hydrogens (tertiary/aromatic N) is 3. The van der Waals surface area contributed by atoms with Gasteiger partial charge in [-0.1, -0.05) is 42.0 Å². The molecule has 0 saturated carbocycles. The number of rotatable bonds is 7. The molecule has 0 aliphatic carbocycles. The zero-order valence-electron chi connectivity index (χ0n) is 20.5. The predicted octanol–water partition coefficient (Wildman–Crippen LogP) is 4.69. The molecular weight excluding hydrogens is 469 g/mol. The first kappa shape index (κ1) is 24.4. The molecular formula is C29H28FN5O2. The van der Waals surface area contributed by atoms with E-state index in [9.17, 15) is 14.0 Å². The number of aryl methyl sites for hydroxylation is 1. The molecule has 0 bridgehead atoms. The third kappa shape index (κ3) is 5.44. The van der Waals surface area contributed by atoms with Gasteiger partial charge in [0.15, 0.2) is 0 Å². The van der Waals surface area contributed by atoms with Crippen molar-refractivity contribution in [1.82, 2.24) is 14.7 Å². The first-order valence-corrected chi connectivity index (χ1v) is 12.2. The molecule has 1 saturated heterocycles. The number of nitrogens with one attached hydrogen (secondary N) is 1. The monoisotopic (exact) mass is 497 g/mol. The van der Waals surface area contributed by atoms with Crippen LogP contribution in [0.4, 0.5) is 10.1 Å². The Bertz CT molecular complexity index is 1430. The number of primary amides is 1. The molecule has 1 fully saturated rings. The number of hydrogen-bond donors (Lipinski definition) is 2. The molecule has 1 unspecified atom stereocenters. The first-order valence-electron chi connectivity index (χ1n) is 12.2. The Balaban J connectivity index is 1.42. The summed E-state index contributed by atoms with van der Waals surface area (Å²) in [5, 5.41) is 7.66. The second-order valence-electron chi connectivity index (χ2n) is 9.36. The number of anilines is 1. The number of aromatic nitrogens is 2. The van der Waals surface area contributed by atoms with Gasteiger partial charge in [-0.25, -0.2) is 9.07 Å². The molecule has 1 aliphatic rings. The second kappa shape index (κ2) is 10.4. The Labute approximate surface area is 214 Å². The van der Waals surface area contributed by atoms with Crippen LogP contribution in [0.2, 0.25) is 0 Å². The molecule has 8 heteroatoms. The van der Waals surface area contributed by atoms with Crippen LogP contribution in [0.5, 0.6) is 0 Å². The number of carbonyl (C=O) groups excluding carboxylic acids is 2. The third-order valence-corrected chi connectivity index (χ3v) is 6.64. The van der Waals surface area contributed by atoms with E-state index in [1.165, 1.54) is 12.1 Å². The van der Waals surface area contributed by atoms with Gasteiger partial charge in [0.1, 0.15) is 11.5 Å². The highest BCUT2D eigenvalue weighted by molar-refractivity contribution is 6.08. The van der Waals surface area contributed by atoms with E-state index in [1.807, 2.05) is 55.5 Å². The summed E-state index contributed by atoms with van der Waals surface area (Å²) in [6.07, 6.45) is 3.36. The zero-order chi connectivity index (χ0) is 25.9. The van der Waals surface area contributed by atoms with E-state index in [-0.39, 0.29) is 23.7 Å². The van der Waals surface area contributed by atoms with Crippen molar-refractivity contribution in [2.45, 2.75) is 32.4 Å². The lowest BCUT2D eigenvalue weighted by Crippen LogP contribution is -2.39. The maximum absolute atomic E-state index is 13.5. The van der Waals surface area contributed by atoms with Crippen LogP contribution in [-0.2, 0) is 11.3 Å². The number of halogens is 1. The molecule has 0 spiro atoms. The molecule has 7 nitrogen and oxygen atoms in total. The average Bonchev–Trinajstić information content (AvgIpc) is 3.53. The lowest BCUT2D eigenvalue weighted by Gasteiger charge is -2.22. The van der Waals surface area contributed by atoms with Crippen molar-refractivity contribution in [3.63, 3.8) is 0 Å². The number of amides is 2. The van der Waals surface area contributed by atoms with Gasteiger partial charge in [-0.3, -0.25) is 14.5 Å². The molecule has 3 N–H and O–H groups in total. The Morgan fingerprint density at radius 1 is 1.08 bits per heavy atom. The largest absolute Gasteiger partial charge is 0.368 e. The van der Waals surface area contributed by atoms with E-state index in [4.69, 9.17) is 5.73 Å². The van der Waals surface area contributed by atoms with Gasteiger partial charge in [-0.2, -0.15) is 5.10 Å². The SMILES string of the molecule is Cc1ccc(-c2nn(-c3ccc(F)cc3)cc2C(=O)Nc2cccc(CN3CCCC3C(N)=O)c2)cc1. The summed E-state index contributed by atoms with van der Waals surface area (Å²) in [7, 11) is 0. The minimum atomic E-state index is -0.344. The van der Waals surface area contributed by atoms with E-state index < -0.39 is 0 Å². The third-order valence-electron chi connectivity index (χ3n) is 6.64. The number of nitrogens with two attached hydrogens (primary N) is 1. The molecule has 188 valence electrons. The van der Waals surface area contributed by atoms with Gasteiger partial charge < -0.3 is 11.1 Å². The summed E-state index contributed by atoms with van der Waals surface area (Å²) in [6, 6.07) is 21.1. The van der Waals surface area contributed by atoms with Gasteiger partial charge in [0.2, 0.25) is 5.91 Å². The number of likely N-dealkylation sites (tertiary alicyclic amines) is 1. The van der Waals surface area contributed by atoms with E-state index in [2.05, 4.69) is 15.3 Å². The fourth-order valence-electron chi connectivity index (χ4n) is 4.71. The molecule has 5 rings (SSSR count). The van der Waals surface area contributed by atoms with Crippen LogP contribution in [0.1, 0.15) is 34.3 Å². The lowest BCUT2D eigenvalue weighted by molar-refractivity contribution is -0.122.